The second kappa shape index (κ2) is 5.48. The van der Waals surface area contributed by atoms with Gasteiger partial charge in [0, 0.05) is 29.9 Å². The zero-order chi connectivity index (χ0) is 11.4. The molecular formula is C11H14ClN3S. The molecule has 2 heterocycles. The van der Waals surface area contributed by atoms with Crippen LogP contribution in [0.3, 0.4) is 0 Å². The van der Waals surface area contributed by atoms with Gasteiger partial charge in [-0.25, -0.2) is 0 Å². The van der Waals surface area contributed by atoms with Crippen molar-refractivity contribution in [1.82, 2.24) is 15.1 Å². The highest BCUT2D eigenvalue weighted by molar-refractivity contribution is 7.16. The Morgan fingerprint density at radius 3 is 3.06 bits per heavy atom. The largest absolute Gasteiger partial charge is 0.308 e. The highest BCUT2D eigenvalue weighted by Gasteiger charge is 2.06. The number of hydrogen-bond donors (Lipinski definition) is 1. The molecule has 2 rings (SSSR count). The summed E-state index contributed by atoms with van der Waals surface area (Å²) >= 11 is 7.52. The van der Waals surface area contributed by atoms with E-state index in [9.17, 15) is 0 Å². The van der Waals surface area contributed by atoms with Gasteiger partial charge in [-0.05, 0) is 25.1 Å². The average Bonchev–Trinajstić information content (AvgIpc) is 2.89. The fourth-order valence-electron chi connectivity index (χ4n) is 1.49. The van der Waals surface area contributed by atoms with Crippen LogP contribution in [-0.4, -0.2) is 16.3 Å². The average molecular weight is 256 g/mol. The minimum absolute atomic E-state index is 0.341. The van der Waals surface area contributed by atoms with Gasteiger partial charge in [0.2, 0.25) is 0 Å². The van der Waals surface area contributed by atoms with Crippen LogP contribution in [0.1, 0.15) is 17.8 Å². The number of rotatable bonds is 5. The molecule has 16 heavy (non-hydrogen) atoms. The van der Waals surface area contributed by atoms with Crippen molar-refractivity contribution in [2.45, 2.75) is 19.5 Å². The monoisotopic (exact) mass is 255 g/mol. The lowest BCUT2D eigenvalue weighted by Gasteiger charge is -2.11. The van der Waals surface area contributed by atoms with Crippen LogP contribution < -0.4 is 5.32 Å². The van der Waals surface area contributed by atoms with E-state index in [-0.39, 0.29) is 0 Å². The van der Waals surface area contributed by atoms with Gasteiger partial charge < -0.3 is 5.32 Å². The van der Waals surface area contributed by atoms with Gasteiger partial charge in [-0.2, -0.15) is 5.10 Å². The van der Waals surface area contributed by atoms with Crippen LogP contribution in [0.5, 0.6) is 0 Å². The van der Waals surface area contributed by atoms with Gasteiger partial charge in [0.1, 0.15) is 0 Å². The zero-order valence-electron chi connectivity index (χ0n) is 9.06. The molecule has 0 aromatic carbocycles. The molecule has 0 spiro atoms. The first-order valence-electron chi connectivity index (χ1n) is 5.22. The predicted molar refractivity (Wildman–Crippen MR) is 68.0 cm³/mol. The molecule has 0 aliphatic carbocycles. The third-order valence-electron chi connectivity index (χ3n) is 2.37. The molecule has 1 atom stereocenters. The molecule has 5 heteroatoms. The minimum Gasteiger partial charge on any atom is -0.308 e. The molecule has 0 fully saturated rings. The summed E-state index contributed by atoms with van der Waals surface area (Å²) in [7, 11) is 0. The molecular weight excluding hydrogens is 242 g/mol. The quantitative estimate of drug-likeness (QED) is 0.890. The Kier molecular flexibility index (Phi) is 3.98. The van der Waals surface area contributed by atoms with E-state index in [1.807, 2.05) is 23.0 Å². The van der Waals surface area contributed by atoms with Crippen molar-refractivity contribution >= 4 is 22.9 Å². The topological polar surface area (TPSA) is 29.9 Å². The van der Waals surface area contributed by atoms with Gasteiger partial charge in [0.25, 0.3) is 0 Å². The molecule has 86 valence electrons. The highest BCUT2D eigenvalue weighted by Crippen LogP contribution is 2.26. The van der Waals surface area contributed by atoms with Crippen LogP contribution in [0, 0.1) is 0 Å². The second-order valence-corrected chi connectivity index (χ2v) is 5.33. The smallest absolute Gasteiger partial charge is 0.0931 e. The van der Waals surface area contributed by atoms with Crippen LogP contribution in [-0.2, 0) is 6.54 Å². The van der Waals surface area contributed by atoms with Crippen LogP contribution in [0.4, 0.5) is 0 Å². The lowest BCUT2D eigenvalue weighted by atomic mass is 10.3. The Bertz CT molecular complexity index is 424. The van der Waals surface area contributed by atoms with E-state index < -0.39 is 0 Å². The second-order valence-electron chi connectivity index (χ2n) is 3.59. The van der Waals surface area contributed by atoms with Crippen molar-refractivity contribution in [3.63, 3.8) is 0 Å². The third-order valence-corrected chi connectivity index (χ3v) is 3.79. The number of hydrogen-bond acceptors (Lipinski definition) is 3. The molecule has 0 aliphatic rings. The molecule has 0 amide bonds. The summed E-state index contributed by atoms with van der Waals surface area (Å²) in [5.41, 5.74) is 0. The van der Waals surface area contributed by atoms with Gasteiger partial charge in [-0.1, -0.05) is 11.6 Å². The summed E-state index contributed by atoms with van der Waals surface area (Å²) in [5, 5.41) is 7.59. The van der Waals surface area contributed by atoms with Gasteiger partial charge in [-0.15, -0.1) is 11.3 Å². The summed E-state index contributed by atoms with van der Waals surface area (Å²) in [6, 6.07) is 6.28. The van der Waals surface area contributed by atoms with E-state index in [1.54, 1.807) is 17.5 Å². The molecule has 1 unspecified atom stereocenters. The summed E-state index contributed by atoms with van der Waals surface area (Å²) in [6.07, 6.45) is 3.76. The SMILES string of the molecule is CC(NCCn1cccn1)c1ccc(Cl)s1. The van der Waals surface area contributed by atoms with Crippen molar-refractivity contribution < 1.29 is 0 Å². The first-order chi connectivity index (χ1) is 7.75. The summed E-state index contributed by atoms with van der Waals surface area (Å²) in [4.78, 5) is 1.27. The Balaban J connectivity index is 1.78. The Labute approximate surface area is 104 Å². The molecule has 2 aromatic rings. The number of thiophene rings is 1. The first kappa shape index (κ1) is 11.6. The third kappa shape index (κ3) is 3.07. The van der Waals surface area contributed by atoms with E-state index in [0.717, 1.165) is 17.4 Å². The number of nitrogens with one attached hydrogen (secondary N) is 1. The van der Waals surface area contributed by atoms with Gasteiger partial charge in [0.15, 0.2) is 0 Å². The van der Waals surface area contributed by atoms with E-state index in [4.69, 9.17) is 11.6 Å². The first-order valence-corrected chi connectivity index (χ1v) is 6.41. The fraction of sp³-hybridized carbons (Fsp3) is 0.364. The zero-order valence-corrected chi connectivity index (χ0v) is 10.6. The Morgan fingerprint density at radius 2 is 2.44 bits per heavy atom. The van der Waals surface area contributed by atoms with Crippen LogP contribution >= 0.6 is 22.9 Å². The Morgan fingerprint density at radius 1 is 1.56 bits per heavy atom. The van der Waals surface area contributed by atoms with Gasteiger partial charge in [-0.3, -0.25) is 4.68 Å². The highest BCUT2D eigenvalue weighted by atomic mass is 35.5. The summed E-state index contributed by atoms with van der Waals surface area (Å²) < 4.78 is 2.76. The van der Waals surface area contributed by atoms with Crippen LogP contribution in [0.2, 0.25) is 4.34 Å². The molecule has 0 saturated heterocycles. The molecule has 3 nitrogen and oxygen atoms in total. The lowest BCUT2D eigenvalue weighted by Crippen LogP contribution is -2.22. The maximum Gasteiger partial charge on any atom is 0.0931 e. The lowest BCUT2D eigenvalue weighted by molar-refractivity contribution is 0.511. The molecule has 0 saturated carbocycles. The van der Waals surface area contributed by atoms with E-state index in [0.29, 0.717) is 6.04 Å². The molecule has 0 radical (unpaired) electrons. The van der Waals surface area contributed by atoms with E-state index >= 15 is 0 Å². The van der Waals surface area contributed by atoms with Crippen molar-refractivity contribution in [2.24, 2.45) is 0 Å². The predicted octanol–water partition coefficient (Wildman–Crippen LogP) is 2.95. The van der Waals surface area contributed by atoms with E-state index in [1.165, 1.54) is 4.88 Å². The van der Waals surface area contributed by atoms with Crippen molar-refractivity contribution in [3.8, 4) is 0 Å². The number of nitrogens with zero attached hydrogens (tertiary/aromatic N) is 2. The van der Waals surface area contributed by atoms with E-state index in [2.05, 4.69) is 23.4 Å². The molecule has 0 bridgehead atoms. The fourth-order valence-corrected chi connectivity index (χ4v) is 2.58. The van der Waals surface area contributed by atoms with Crippen molar-refractivity contribution in [3.05, 3.63) is 39.8 Å². The Hall–Kier alpha value is -0.840. The standard InChI is InChI=1S/C11H14ClN3S/c1-9(10-3-4-11(12)16-10)13-6-8-15-7-2-5-14-15/h2-5,7,9,13H,6,8H2,1H3. The number of aromatic nitrogens is 2. The van der Waals surface area contributed by atoms with Crippen molar-refractivity contribution in [2.75, 3.05) is 6.54 Å². The van der Waals surface area contributed by atoms with Crippen molar-refractivity contribution in [1.29, 1.82) is 0 Å². The minimum atomic E-state index is 0.341. The molecule has 0 aliphatic heterocycles. The normalized spacial score (nSPS) is 12.9. The summed E-state index contributed by atoms with van der Waals surface area (Å²) in [5.74, 6) is 0. The van der Waals surface area contributed by atoms with Gasteiger partial charge >= 0.3 is 0 Å². The van der Waals surface area contributed by atoms with Crippen LogP contribution in [0.25, 0.3) is 0 Å². The summed E-state index contributed by atoms with van der Waals surface area (Å²) in [6.45, 7) is 3.93. The van der Waals surface area contributed by atoms with Crippen LogP contribution in [0.15, 0.2) is 30.6 Å². The maximum atomic E-state index is 5.90. The number of halogens is 1. The molecule has 2 aromatic heterocycles. The molecule has 1 N–H and O–H groups in total. The van der Waals surface area contributed by atoms with Gasteiger partial charge in [0.05, 0.1) is 10.9 Å². The maximum absolute atomic E-state index is 5.90.